The molecule has 1 heteroatoms. The van der Waals surface area contributed by atoms with Crippen LogP contribution in [0.2, 0.25) is 0 Å². The number of benzene rings is 1. The van der Waals surface area contributed by atoms with Crippen molar-refractivity contribution in [3.63, 3.8) is 0 Å². The van der Waals surface area contributed by atoms with Crippen LogP contribution in [-0.4, -0.2) is 5.71 Å². The Hall–Kier alpha value is -1.63. The van der Waals surface area contributed by atoms with E-state index in [1.165, 1.54) is 11.1 Å². The predicted octanol–water partition coefficient (Wildman–Crippen LogP) is 3.05. The van der Waals surface area contributed by atoms with Crippen molar-refractivity contribution in [3.8, 4) is 0 Å². The molecule has 0 radical (unpaired) electrons. The molecule has 0 aromatic heterocycles. The summed E-state index contributed by atoms with van der Waals surface area (Å²) >= 11 is 0. The van der Waals surface area contributed by atoms with E-state index in [2.05, 4.69) is 18.2 Å². The van der Waals surface area contributed by atoms with Crippen molar-refractivity contribution in [2.75, 3.05) is 0 Å². The molecule has 1 N–H and O–H groups in total. The Morgan fingerprint density at radius 3 is 2.38 bits per heavy atom. The van der Waals surface area contributed by atoms with E-state index in [4.69, 9.17) is 5.41 Å². The van der Waals surface area contributed by atoms with E-state index in [0.29, 0.717) is 5.71 Å². The Kier molecular flexibility index (Phi) is 2.09. The highest BCUT2D eigenvalue weighted by Crippen LogP contribution is 2.19. The molecule has 0 heterocycles. The second-order valence-corrected chi connectivity index (χ2v) is 3.09. The highest BCUT2D eigenvalue weighted by molar-refractivity contribution is 5.99. The van der Waals surface area contributed by atoms with Gasteiger partial charge < -0.3 is 5.41 Å². The molecule has 13 heavy (non-hydrogen) atoms. The first-order valence-electron chi connectivity index (χ1n) is 4.37. The SMILES string of the molecule is N=C1C=CC(c2ccccc2)=CC1. The summed E-state index contributed by atoms with van der Waals surface area (Å²) in [6.45, 7) is 0. The summed E-state index contributed by atoms with van der Waals surface area (Å²) in [5, 5.41) is 7.41. The first-order valence-corrected chi connectivity index (χ1v) is 4.37. The molecule has 0 saturated heterocycles. The molecule has 0 unspecified atom stereocenters. The molecule has 0 amide bonds. The minimum absolute atomic E-state index is 0.680. The maximum atomic E-state index is 7.41. The van der Waals surface area contributed by atoms with Gasteiger partial charge in [0.15, 0.2) is 0 Å². The van der Waals surface area contributed by atoms with Crippen LogP contribution < -0.4 is 0 Å². The summed E-state index contributed by atoms with van der Waals surface area (Å²) in [5.41, 5.74) is 3.13. The third-order valence-corrected chi connectivity index (χ3v) is 2.11. The van der Waals surface area contributed by atoms with Gasteiger partial charge in [0, 0.05) is 12.1 Å². The molecule has 0 saturated carbocycles. The fraction of sp³-hybridized carbons (Fsp3) is 0.0833. The van der Waals surface area contributed by atoms with Crippen molar-refractivity contribution in [2.45, 2.75) is 6.42 Å². The molecule has 0 spiro atoms. The summed E-state index contributed by atoms with van der Waals surface area (Å²) < 4.78 is 0. The minimum Gasteiger partial charge on any atom is -0.305 e. The van der Waals surface area contributed by atoms with Crippen molar-refractivity contribution in [2.24, 2.45) is 0 Å². The van der Waals surface area contributed by atoms with Crippen LogP contribution in [0.15, 0.2) is 48.6 Å². The van der Waals surface area contributed by atoms with Gasteiger partial charge in [-0.05, 0) is 17.2 Å². The van der Waals surface area contributed by atoms with Crippen LogP contribution >= 0.6 is 0 Å². The number of rotatable bonds is 1. The second-order valence-electron chi connectivity index (χ2n) is 3.09. The van der Waals surface area contributed by atoms with Gasteiger partial charge in [0.2, 0.25) is 0 Å². The Labute approximate surface area is 77.9 Å². The molecular weight excluding hydrogens is 158 g/mol. The lowest BCUT2D eigenvalue weighted by Gasteiger charge is -2.06. The molecule has 1 aromatic carbocycles. The monoisotopic (exact) mass is 169 g/mol. The van der Waals surface area contributed by atoms with E-state index in [1.807, 2.05) is 30.4 Å². The first-order chi connectivity index (χ1) is 6.36. The zero-order chi connectivity index (χ0) is 9.10. The van der Waals surface area contributed by atoms with Gasteiger partial charge in [0.1, 0.15) is 0 Å². The maximum absolute atomic E-state index is 7.41. The van der Waals surface area contributed by atoms with Gasteiger partial charge in [-0.25, -0.2) is 0 Å². The molecule has 1 aliphatic carbocycles. The van der Waals surface area contributed by atoms with Gasteiger partial charge in [0.05, 0.1) is 0 Å². The zero-order valence-corrected chi connectivity index (χ0v) is 7.33. The maximum Gasteiger partial charge on any atom is 0.0352 e. The van der Waals surface area contributed by atoms with E-state index in [1.54, 1.807) is 0 Å². The third-order valence-electron chi connectivity index (χ3n) is 2.11. The highest BCUT2D eigenvalue weighted by atomic mass is 14.4. The van der Waals surface area contributed by atoms with E-state index >= 15 is 0 Å². The quantitative estimate of drug-likeness (QED) is 0.668. The normalized spacial score (nSPS) is 15.7. The largest absolute Gasteiger partial charge is 0.305 e. The summed E-state index contributed by atoms with van der Waals surface area (Å²) in [5.74, 6) is 0. The standard InChI is InChI=1S/C12H11N/c13-12-8-6-11(7-9-12)10-4-2-1-3-5-10/h1-8,13H,9H2. The van der Waals surface area contributed by atoms with Gasteiger partial charge >= 0.3 is 0 Å². The molecule has 1 aliphatic rings. The predicted molar refractivity (Wildman–Crippen MR) is 55.9 cm³/mol. The van der Waals surface area contributed by atoms with Crippen LogP contribution in [0, 0.1) is 5.41 Å². The molecule has 0 fully saturated rings. The second kappa shape index (κ2) is 3.40. The molecule has 1 aromatic rings. The van der Waals surface area contributed by atoms with Crippen LogP contribution in [0.25, 0.3) is 5.57 Å². The molecular formula is C12H11N. The van der Waals surface area contributed by atoms with Crippen LogP contribution in [-0.2, 0) is 0 Å². The third kappa shape index (κ3) is 1.75. The Morgan fingerprint density at radius 2 is 1.77 bits per heavy atom. The molecule has 0 aliphatic heterocycles. The van der Waals surface area contributed by atoms with Gasteiger partial charge in [-0.2, -0.15) is 0 Å². The lowest BCUT2D eigenvalue weighted by molar-refractivity contribution is 1.37. The summed E-state index contributed by atoms with van der Waals surface area (Å²) in [6, 6.07) is 10.3. The van der Waals surface area contributed by atoms with Crippen LogP contribution in [0.1, 0.15) is 12.0 Å². The Bertz CT molecular complexity index is 371. The van der Waals surface area contributed by atoms with Gasteiger partial charge in [0.25, 0.3) is 0 Å². The fourth-order valence-electron chi connectivity index (χ4n) is 1.39. The fourth-order valence-corrected chi connectivity index (χ4v) is 1.39. The lowest BCUT2D eigenvalue weighted by Crippen LogP contribution is -1.94. The number of hydrogen-bond acceptors (Lipinski definition) is 1. The van der Waals surface area contributed by atoms with Gasteiger partial charge in [-0.3, -0.25) is 0 Å². The van der Waals surface area contributed by atoms with Crippen LogP contribution in [0.4, 0.5) is 0 Å². The average Bonchev–Trinajstić information content (AvgIpc) is 2.20. The lowest BCUT2D eigenvalue weighted by atomic mass is 9.99. The van der Waals surface area contributed by atoms with Crippen molar-refractivity contribution in [3.05, 3.63) is 54.1 Å². The highest BCUT2D eigenvalue weighted by Gasteiger charge is 2.01. The van der Waals surface area contributed by atoms with Crippen molar-refractivity contribution in [1.82, 2.24) is 0 Å². The first kappa shape index (κ1) is 7.99. The van der Waals surface area contributed by atoms with Crippen LogP contribution in [0.5, 0.6) is 0 Å². The summed E-state index contributed by atoms with van der Waals surface area (Å²) in [4.78, 5) is 0. The van der Waals surface area contributed by atoms with E-state index < -0.39 is 0 Å². The summed E-state index contributed by atoms with van der Waals surface area (Å²) in [7, 11) is 0. The average molecular weight is 169 g/mol. The van der Waals surface area contributed by atoms with Crippen LogP contribution in [0.3, 0.4) is 0 Å². The Balaban J connectivity index is 2.30. The zero-order valence-electron chi connectivity index (χ0n) is 7.33. The van der Waals surface area contributed by atoms with E-state index in [-0.39, 0.29) is 0 Å². The summed E-state index contributed by atoms with van der Waals surface area (Å²) in [6.07, 6.45) is 6.71. The Morgan fingerprint density at radius 1 is 1.00 bits per heavy atom. The molecule has 2 rings (SSSR count). The van der Waals surface area contributed by atoms with Crippen molar-refractivity contribution in [1.29, 1.82) is 5.41 Å². The molecule has 0 atom stereocenters. The van der Waals surface area contributed by atoms with Gasteiger partial charge in [-0.1, -0.05) is 42.5 Å². The topological polar surface area (TPSA) is 23.9 Å². The van der Waals surface area contributed by atoms with Crippen molar-refractivity contribution >= 4 is 11.3 Å². The van der Waals surface area contributed by atoms with Crippen molar-refractivity contribution < 1.29 is 0 Å². The smallest absolute Gasteiger partial charge is 0.0352 e. The number of nitrogens with one attached hydrogen (secondary N) is 1. The molecule has 1 nitrogen and oxygen atoms in total. The molecule has 64 valence electrons. The van der Waals surface area contributed by atoms with Gasteiger partial charge in [-0.15, -0.1) is 0 Å². The minimum atomic E-state index is 0.680. The van der Waals surface area contributed by atoms with E-state index in [9.17, 15) is 0 Å². The number of hydrogen-bond donors (Lipinski definition) is 1. The number of allylic oxidation sites excluding steroid dienone is 4. The van der Waals surface area contributed by atoms with E-state index in [0.717, 1.165) is 6.42 Å². The molecule has 0 bridgehead atoms.